The zero-order valence-electron chi connectivity index (χ0n) is 5.96. The fraction of sp³-hybridized carbons (Fsp3) is 0.833. The summed E-state index contributed by atoms with van der Waals surface area (Å²) in [6.45, 7) is 2.51. The number of primary amides is 1. The van der Waals surface area contributed by atoms with Crippen molar-refractivity contribution >= 4 is 5.91 Å². The summed E-state index contributed by atoms with van der Waals surface area (Å²) in [5, 5.41) is 0. The average molecular weight is 144 g/mol. The monoisotopic (exact) mass is 144 g/mol. The molecule has 0 aromatic rings. The molecule has 10 heavy (non-hydrogen) atoms. The third-order valence-corrected chi connectivity index (χ3v) is 2.08. The van der Waals surface area contributed by atoms with Crippen molar-refractivity contribution in [1.82, 2.24) is 0 Å². The lowest BCUT2D eigenvalue weighted by molar-refractivity contribution is -0.127. The molecule has 0 aromatic heterocycles. The van der Waals surface area contributed by atoms with Gasteiger partial charge < -0.3 is 16.2 Å². The van der Waals surface area contributed by atoms with Crippen molar-refractivity contribution in [2.24, 2.45) is 16.9 Å². The SMILES string of the molecule is CC1(C(N)=O)COCC1N. The van der Waals surface area contributed by atoms with E-state index in [1.807, 2.05) is 0 Å². The first-order valence-electron chi connectivity index (χ1n) is 3.20. The van der Waals surface area contributed by atoms with Crippen molar-refractivity contribution in [3.63, 3.8) is 0 Å². The van der Waals surface area contributed by atoms with Gasteiger partial charge in [0.15, 0.2) is 0 Å². The Bertz CT molecular complexity index is 160. The first-order valence-corrected chi connectivity index (χ1v) is 3.20. The first kappa shape index (κ1) is 7.50. The smallest absolute Gasteiger partial charge is 0.227 e. The fourth-order valence-corrected chi connectivity index (χ4v) is 0.943. The van der Waals surface area contributed by atoms with E-state index in [0.717, 1.165) is 0 Å². The molecule has 4 nitrogen and oxygen atoms in total. The predicted octanol–water partition coefficient (Wildman–Crippen LogP) is -1.16. The molecule has 58 valence electrons. The van der Waals surface area contributed by atoms with Crippen molar-refractivity contribution in [2.45, 2.75) is 13.0 Å². The molecule has 4 heteroatoms. The molecule has 1 heterocycles. The second-order valence-electron chi connectivity index (χ2n) is 2.90. The second kappa shape index (κ2) is 2.21. The third kappa shape index (κ3) is 0.892. The van der Waals surface area contributed by atoms with Crippen LogP contribution < -0.4 is 11.5 Å². The molecule has 0 radical (unpaired) electrons. The maximum absolute atomic E-state index is 10.8. The lowest BCUT2D eigenvalue weighted by atomic mass is 9.85. The number of amides is 1. The molecule has 1 aliphatic rings. The Balaban J connectivity index is 2.75. The maximum atomic E-state index is 10.8. The summed E-state index contributed by atoms with van der Waals surface area (Å²) in [7, 11) is 0. The first-order chi connectivity index (χ1) is 4.57. The molecule has 0 bridgehead atoms. The molecule has 1 aliphatic heterocycles. The Kier molecular flexibility index (Phi) is 1.66. The maximum Gasteiger partial charge on any atom is 0.227 e. The zero-order chi connectivity index (χ0) is 7.78. The fourth-order valence-electron chi connectivity index (χ4n) is 0.943. The molecule has 1 amide bonds. The second-order valence-corrected chi connectivity index (χ2v) is 2.90. The van der Waals surface area contributed by atoms with Gasteiger partial charge in [0.25, 0.3) is 0 Å². The molecular formula is C6H12N2O2. The summed E-state index contributed by atoms with van der Waals surface area (Å²) in [4.78, 5) is 10.8. The van der Waals surface area contributed by atoms with Crippen molar-refractivity contribution in [2.75, 3.05) is 13.2 Å². The normalized spacial score (nSPS) is 40.0. The molecular weight excluding hydrogens is 132 g/mol. The van der Waals surface area contributed by atoms with Crippen LogP contribution in [0.25, 0.3) is 0 Å². The van der Waals surface area contributed by atoms with Gasteiger partial charge in [-0.1, -0.05) is 0 Å². The van der Waals surface area contributed by atoms with Gasteiger partial charge in [0.1, 0.15) is 0 Å². The van der Waals surface area contributed by atoms with Crippen LogP contribution >= 0.6 is 0 Å². The van der Waals surface area contributed by atoms with E-state index >= 15 is 0 Å². The number of rotatable bonds is 1. The highest BCUT2D eigenvalue weighted by molar-refractivity contribution is 5.81. The van der Waals surface area contributed by atoms with Gasteiger partial charge >= 0.3 is 0 Å². The number of nitrogens with two attached hydrogens (primary N) is 2. The zero-order valence-corrected chi connectivity index (χ0v) is 5.96. The topological polar surface area (TPSA) is 78.3 Å². The average Bonchev–Trinajstić information content (AvgIpc) is 2.15. The molecule has 4 N–H and O–H groups in total. The van der Waals surface area contributed by atoms with Gasteiger partial charge in [-0.05, 0) is 6.92 Å². The highest BCUT2D eigenvalue weighted by Gasteiger charge is 2.42. The lowest BCUT2D eigenvalue weighted by Gasteiger charge is -2.21. The molecule has 2 unspecified atom stereocenters. The molecule has 1 saturated heterocycles. The molecule has 2 atom stereocenters. The van der Waals surface area contributed by atoms with Gasteiger partial charge in [-0.2, -0.15) is 0 Å². The number of hydrogen-bond acceptors (Lipinski definition) is 3. The summed E-state index contributed by atoms with van der Waals surface area (Å²) < 4.78 is 5.01. The van der Waals surface area contributed by atoms with Crippen molar-refractivity contribution in [3.05, 3.63) is 0 Å². The van der Waals surface area contributed by atoms with Gasteiger partial charge in [-0.3, -0.25) is 4.79 Å². The third-order valence-electron chi connectivity index (χ3n) is 2.08. The molecule has 0 spiro atoms. The molecule has 0 saturated carbocycles. The van der Waals surface area contributed by atoms with Crippen LogP contribution in [0.3, 0.4) is 0 Å². The van der Waals surface area contributed by atoms with Gasteiger partial charge in [0.05, 0.1) is 18.6 Å². The number of hydrogen-bond donors (Lipinski definition) is 2. The van der Waals surface area contributed by atoms with Crippen LogP contribution in [-0.2, 0) is 9.53 Å². The van der Waals surface area contributed by atoms with E-state index in [9.17, 15) is 4.79 Å². The van der Waals surface area contributed by atoms with Crippen LogP contribution in [0.2, 0.25) is 0 Å². The predicted molar refractivity (Wildman–Crippen MR) is 36.1 cm³/mol. The van der Waals surface area contributed by atoms with E-state index in [2.05, 4.69) is 0 Å². The summed E-state index contributed by atoms with van der Waals surface area (Å²) in [5.74, 6) is -0.377. The molecule has 1 fully saturated rings. The standard InChI is InChI=1S/C6H12N2O2/c1-6(5(8)9)3-10-2-4(6)7/h4H,2-3,7H2,1H3,(H2,8,9). The van der Waals surface area contributed by atoms with Crippen LogP contribution in [0.5, 0.6) is 0 Å². The Morgan fingerprint density at radius 3 is 2.60 bits per heavy atom. The van der Waals surface area contributed by atoms with Crippen LogP contribution in [-0.4, -0.2) is 25.2 Å². The molecule has 0 aliphatic carbocycles. The molecule has 0 aromatic carbocycles. The Labute approximate surface area is 59.5 Å². The van der Waals surface area contributed by atoms with Gasteiger partial charge in [0, 0.05) is 6.04 Å². The quantitative estimate of drug-likeness (QED) is 0.487. The van der Waals surface area contributed by atoms with E-state index in [1.165, 1.54) is 0 Å². The largest absolute Gasteiger partial charge is 0.379 e. The summed E-state index contributed by atoms with van der Waals surface area (Å²) in [6.07, 6.45) is 0. The highest BCUT2D eigenvalue weighted by atomic mass is 16.5. The summed E-state index contributed by atoms with van der Waals surface area (Å²) >= 11 is 0. The minimum absolute atomic E-state index is 0.245. The van der Waals surface area contributed by atoms with E-state index in [1.54, 1.807) is 6.92 Å². The molecule has 1 rings (SSSR count). The van der Waals surface area contributed by atoms with Crippen molar-refractivity contribution < 1.29 is 9.53 Å². The van der Waals surface area contributed by atoms with Gasteiger partial charge in [0.2, 0.25) is 5.91 Å². The highest BCUT2D eigenvalue weighted by Crippen LogP contribution is 2.25. The number of ether oxygens (including phenoxy) is 1. The lowest BCUT2D eigenvalue weighted by Crippen LogP contribution is -2.47. The minimum atomic E-state index is -0.653. The summed E-state index contributed by atoms with van der Waals surface area (Å²) in [6, 6.07) is -0.245. The Morgan fingerprint density at radius 1 is 1.80 bits per heavy atom. The van der Waals surface area contributed by atoms with Crippen molar-refractivity contribution in [1.29, 1.82) is 0 Å². The Hall–Kier alpha value is -0.610. The van der Waals surface area contributed by atoms with Crippen LogP contribution in [0.1, 0.15) is 6.92 Å². The van der Waals surface area contributed by atoms with Crippen LogP contribution in [0.15, 0.2) is 0 Å². The van der Waals surface area contributed by atoms with E-state index < -0.39 is 5.41 Å². The Morgan fingerprint density at radius 2 is 2.40 bits per heavy atom. The van der Waals surface area contributed by atoms with E-state index in [-0.39, 0.29) is 11.9 Å². The number of carbonyl (C=O) groups excluding carboxylic acids is 1. The summed E-state index contributed by atoms with van der Waals surface area (Å²) in [5.41, 5.74) is 10.1. The van der Waals surface area contributed by atoms with Crippen molar-refractivity contribution in [3.8, 4) is 0 Å². The van der Waals surface area contributed by atoms with Gasteiger partial charge in [-0.15, -0.1) is 0 Å². The minimum Gasteiger partial charge on any atom is -0.379 e. The van der Waals surface area contributed by atoms with Crippen LogP contribution in [0.4, 0.5) is 0 Å². The van der Waals surface area contributed by atoms with Crippen LogP contribution in [0, 0.1) is 5.41 Å². The van der Waals surface area contributed by atoms with E-state index in [4.69, 9.17) is 16.2 Å². The van der Waals surface area contributed by atoms with E-state index in [0.29, 0.717) is 13.2 Å². The van der Waals surface area contributed by atoms with Gasteiger partial charge in [-0.25, -0.2) is 0 Å². The number of carbonyl (C=O) groups is 1.